The second-order valence-electron chi connectivity index (χ2n) is 3.86. The van der Waals surface area contributed by atoms with Gasteiger partial charge in [-0.1, -0.05) is 0 Å². The Kier molecular flexibility index (Phi) is 1.29. The molecule has 0 heterocycles. The third-order valence-corrected chi connectivity index (χ3v) is 2.93. The maximum atomic E-state index is 9.73. The highest BCUT2D eigenvalue weighted by atomic mass is 16.3. The van der Waals surface area contributed by atoms with Gasteiger partial charge in [-0.15, -0.1) is 0 Å². The molecule has 0 radical (unpaired) electrons. The van der Waals surface area contributed by atoms with Crippen LogP contribution < -0.4 is 0 Å². The first-order valence-electron chi connectivity index (χ1n) is 4.07. The Bertz CT molecular complexity index is 134. The Balaban J connectivity index is 1.92. The molecule has 2 fully saturated rings. The van der Waals surface area contributed by atoms with Gasteiger partial charge in [-0.05, 0) is 37.5 Å². The van der Waals surface area contributed by atoms with Crippen molar-refractivity contribution in [1.82, 2.24) is 0 Å². The molecule has 58 valence electrons. The molecule has 0 bridgehead atoms. The number of aliphatic hydroxyl groups excluding tert-OH is 1. The summed E-state index contributed by atoms with van der Waals surface area (Å²) in [6.07, 6.45) is 3.80. The van der Waals surface area contributed by atoms with Gasteiger partial charge in [-0.25, -0.2) is 0 Å². The van der Waals surface area contributed by atoms with Crippen LogP contribution in [-0.2, 0) is 0 Å². The first-order chi connectivity index (χ1) is 4.73. The number of hydrogen-bond donors (Lipinski definition) is 2. The van der Waals surface area contributed by atoms with E-state index in [1.165, 1.54) is 6.42 Å². The summed E-state index contributed by atoms with van der Waals surface area (Å²) in [5.74, 6) is 1.60. The zero-order valence-corrected chi connectivity index (χ0v) is 6.08. The molecular formula is C8H14O2. The predicted molar refractivity (Wildman–Crippen MR) is 37.5 cm³/mol. The van der Waals surface area contributed by atoms with Gasteiger partial charge >= 0.3 is 0 Å². The quantitative estimate of drug-likeness (QED) is 0.590. The van der Waals surface area contributed by atoms with Crippen LogP contribution in [0.2, 0.25) is 0 Å². The van der Waals surface area contributed by atoms with Crippen molar-refractivity contribution in [2.75, 3.05) is 6.61 Å². The topological polar surface area (TPSA) is 40.5 Å². The summed E-state index contributed by atoms with van der Waals surface area (Å²) in [7, 11) is 0. The van der Waals surface area contributed by atoms with Gasteiger partial charge in [0.05, 0.1) is 5.60 Å². The lowest BCUT2D eigenvalue weighted by molar-refractivity contribution is 0.0113. The zero-order valence-electron chi connectivity index (χ0n) is 6.08. The maximum absolute atomic E-state index is 9.73. The molecule has 10 heavy (non-hydrogen) atoms. The van der Waals surface area contributed by atoms with Crippen molar-refractivity contribution in [1.29, 1.82) is 0 Å². The van der Waals surface area contributed by atoms with Gasteiger partial charge in [0, 0.05) is 6.61 Å². The monoisotopic (exact) mass is 142 g/mol. The summed E-state index contributed by atoms with van der Waals surface area (Å²) in [6, 6.07) is 0. The van der Waals surface area contributed by atoms with E-state index in [2.05, 4.69) is 0 Å². The molecule has 2 aliphatic carbocycles. The van der Waals surface area contributed by atoms with Crippen molar-refractivity contribution in [3.8, 4) is 0 Å². The number of aliphatic hydroxyl groups is 2. The molecule has 0 amide bonds. The Hall–Kier alpha value is -0.0800. The number of fused-ring (bicyclic) bond motifs is 1. The van der Waals surface area contributed by atoms with Crippen molar-refractivity contribution >= 4 is 0 Å². The highest BCUT2D eigenvalue weighted by molar-refractivity contribution is 5.03. The SMILES string of the molecule is OCCC1(O)CC2CC2C1. The summed E-state index contributed by atoms with van der Waals surface area (Å²) >= 11 is 0. The van der Waals surface area contributed by atoms with E-state index in [9.17, 15) is 5.11 Å². The summed E-state index contributed by atoms with van der Waals surface area (Å²) in [6.45, 7) is 0.135. The lowest BCUT2D eigenvalue weighted by atomic mass is 9.94. The van der Waals surface area contributed by atoms with E-state index in [1.54, 1.807) is 0 Å². The van der Waals surface area contributed by atoms with Gasteiger partial charge in [-0.3, -0.25) is 0 Å². The van der Waals surface area contributed by atoms with Crippen LogP contribution in [0.3, 0.4) is 0 Å². The molecule has 0 aromatic rings. The van der Waals surface area contributed by atoms with Crippen LogP contribution in [-0.4, -0.2) is 22.4 Å². The molecule has 2 nitrogen and oxygen atoms in total. The maximum Gasteiger partial charge on any atom is 0.0675 e. The second kappa shape index (κ2) is 1.95. The fourth-order valence-corrected chi connectivity index (χ4v) is 2.28. The molecule has 2 aliphatic rings. The third-order valence-electron chi connectivity index (χ3n) is 2.93. The minimum Gasteiger partial charge on any atom is -0.396 e. The van der Waals surface area contributed by atoms with Crippen LogP contribution in [0, 0.1) is 11.8 Å². The lowest BCUT2D eigenvalue weighted by Crippen LogP contribution is -2.27. The highest BCUT2D eigenvalue weighted by Gasteiger charge is 2.52. The average molecular weight is 142 g/mol. The van der Waals surface area contributed by atoms with Crippen molar-refractivity contribution in [3.05, 3.63) is 0 Å². The van der Waals surface area contributed by atoms with E-state index < -0.39 is 5.60 Å². The summed E-state index contributed by atoms with van der Waals surface area (Å²) < 4.78 is 0. The van der Waals surface area contributed by atoms with Gasteiger partial charge < -0.3 is 10.2 Å². The molecule has 2 heteroatoms. The molecule has 0 aromatic carbocycles. The number of rotatable bonds is 2. The average Bonchev–Trinajstić information content (AvgIpc) is 2.41. The minimum atomic E-state index is -0.484. The van der Waals surface area contributed by atoms with Gasteiger partial charge in [0.15, 0.2) is 0 Å². The van der Waals surface area contributed by atoms with E-state index in [0.717, 1.165) is 24.7 Å². The largest absolute Gasteiger partial charge is 0.396 e. The summed E-state index contributed by atoms with van der Waals surface area (Å²) in [4.78, 5) is 0. The van der Waals surface area contributed by atoms with E-state index >= 15 is 0 Å². The Morgan fingerprint density at radius 1 is 1.30 bits per heavy atom. The van der Waals surface area contributed by atoms with Gasteiger partial charge in [0.1, 0.15) is 0 Å². The third kappa shape index (κ3) is 0.956. The Morgan fingerprint density at radius 2 is 1.90 bits per heavy atom. The standard InChI is InChI=1S/C8H14O2/c9-2-1-8(10)4-6-3-7(6)5-8/h6-7,9-10H,1-5H2. The van der Waals surface area contributed by atoms with E-state index in [1.807, 2.05) is 0 Å². The summed E-state index contributed by atoms with van der Waals surface area (Å²) in [5.41, 5.74) is -0.484. The molecule has 2 atom stereocenters. The first kappa shape index (κ1) is 6.62. The normalized spacial score (nSPS) is 51.0. The fourth-order valence-electron chi connectivity index (χ4n) is 2.28. The lowest BCUT2D eigenvalue weighted by Gasteiger charge is -2.22. The van der Waals surface area contributed by atoms with Crippen LogP contribution >= 0.6 is 0 Å². The van der Waals surface area contributed by atoms with Gasteiger partial charge in [-0.2, -0.15) is 0 Å². The Labute approximate surface area is 60.9 Å². The van der Waals surface area contributed by atoms with Crippen LogP contribution in [0.1, 0.15) is 25.7 Å². The van der Waals surface area contributed by atoms with Crippen LogP contribution in [0.15, 0.2) is 0 Å². The van der Waals surface area contributed by atoms with Gasteiger partial charge in [0.2, 0.25) is 0 Å². The summed E-state index contributed by atoms with van der Waals surface area (Å²) in [5, 5.41) is 18.4. The minimum absolute atomic E-state index is 0.135. The van der Waals surface area contributed by atoms with E-state index in [-0.39, 0.29) is 6.61 Å². The number of hydrogen-bond acceptors (Lipinski definition) is 2. The predicted octanol–water partition coefficient (Wildman–Crippen LogP) is 0.530. The molecule has 0 saturated heterocycles. The molecule has 0 spiro atoms. The highest BCUT2D eigenvalue weighted by Crippen LogP contribution is 2.56. The molecule has 2 unspecified atom stereocenters. The Morgan fingerprint density at radius 3 is 2.40 bits per heavy atom. The molecule has 2 rings (SSSR count). The molecule has 0 aromatic heterocycles. The van der Waals surface area contributed by atoms with Crippen LogP contribution in [0.25, 0.3) is 0 Å². The zero-order chi connectivity index (χ0) is 7.19. The first-order valence-corrected chi connectivity index (χ1v) is 4.07. The van der Waals surface area contributed by atoms with E-state index in [0.29, 0.717) is 6.42 Å². The van der Waals surface area contributed by atoms with Crippen LogP contribution in [0.5, 0.6) is 0 Å². The van der Waals surface area contributed by atoms with Crippen LogP contribution in [0.4, 0.5) is 0 Å². The van der Waals surface area contributed by atoms with Crippen molar-refractivity contribution in [3.63, 3.8) is 0 Å². The fraction of sp³-hybridized carbons (Fsp3) is 1.00. The van der Waals surface area contributed by atoms with Crippen molar-refractivity contribution in [2.45, 2.75) is 31.3 Å². The second-order valence-corrected chi connectivity index (χ2v) is 3.86. The smallest absolute Gasteiger partial charge is 0.0675 e. The van der Waals surface area contributed by atoms with Crippen molar-refractivity contribution < 1.29 is 10.2 Å². The molecule has 0 aliphatic heterocycles. The van der Waals surface area contributed by atoms with Crippen molar-refractivity contribution in [2.24, 2.45) is 11.8 Å². The molecular weight excluding hydrogens is 128 g/mol. The van der Waals surface area contributed by atoms with E-state index in [4.69, 9.17) is 5.11 Å². The molecule has 2 saturated carbocycles. The molecule has 2 N–H and O–H groups in total. The van der Waals surface area contributed by atoms with Gasteiger partial charge in [0.25, 0.3) is 0 Å².